The van der Waals surface area contributed by atoms with E-state index in [0.717, 1.165) is 5.56 Å². The number of carbonyl (C=O) groups is 1. The molecule has 0 aliphatic heterocycles. The third-order valence-electron chi connectivity index (χ3n) is 3.87. The third-order valence-corrected chi connectivity index (χ3v) is 3.87. The molecule has 0 bridgehead atoms. The van der Waals surface area contributed by atoms with Crippen LogP contribution < -0.4 is 5.73 Å². The van der Waals surface area contributed by atoms with Gasteiger partial charge in [-0.05, 0) is 18.6 Å². The van der Waals surface area contributed by atoms with Crippen molar-refractivity contribution in [3.63, 3.8) is 0 Å². The molecule has 0 radical (unpaired) electrons. The number of hydrogen-bond acceptors (Lipinski definition) is 3. The number of fused-ring (bicyclic) bond motifs is 2. The van der Waals surface area contributed by atoms with E-state index in [0.29, 0.717) is 10.9 Å². The van der Waals surface area contributed by atoms with Gasteiger partial charge in [-0.3, -0.25) is 9.78 Å². The molecule has 0 saturated heterocycles. The van der Waals surface area contributed by atoms with E-state index in [9.17, 15) is 18.0 Å². The van der Waals surface area contributed by atoms with Crippen LogP contribution in [0.5, 0.6) is 0 Å². The average molecular weight is 294 g/mol. The van der Waals surface area contributed by atoms with Crippen LogP contribution in [0.1, 0.15) is 28.0 Å². The Kier molecular flexibility index (Phi) is 2.93. The van der Waals surface area contributed by atoms with Crippen LogP contribution in [0.3, 0.4) is 0 Å². The number of benzene rings is 1. The summed E-state index contributed by atoms with van der Waals surface area (Å²) in [5, 5.41) is 0.609. The second-order valence-electron chi connectivity index (χ2n) is 5.44. The Morgan fingerprint density at radius 2 is 2.00 bits per heavy atom. The third kappa shape index (κ3) is 2.24. The van der Waals surface area contributed by atoms with Gasteiger partial charge in [0.15, 0.2) is 5.78 Å². The predicted octanol–water partition coefficient (Wildman–Crippen LogP) is 3.43. The number of rotatable bonds is 0. The molecule has 2 N–H and O–H groups in total. The number of aromatic nitrogens is 1. The van der Waals surface area contributed by atoms with Gasteiger partial charge < -0.3 is 5.73 Å². The van der Waals surface area contributed by atoms with Gasteiger partial charge in [0.2, 0.25) is 0 Å². The molecule has 1 heterocycles. The monoisotopic (exact) mass is 294 g/mol. The number of nitrogen functional groups attached to an aromatic ring is 1. The highest BCUT2D eigenvalue weighted by atomic mass is 19.4. The Balaban J connectivity index is 2.21. The van der Waals surface area contributed by atoms with Crippen LogP contribution in [-0.2, 0) is 6.42 Å². The standard InChI is InChI=1S/C15H13F3N2O/c1-7-2-3-9-10(4-7)20-11-5-8(15(16,17)18)6-12(21)13(11)14(9)19/h2-4,8H,5-6H2,1H3,(H2,19,20). The van der Waals surface area contributed by atoms with Crippen molar-refractivity contribution in [3.05, 3.63) is 35.0 Å². The Labute approximate surface area is 119 Å². The number of ketones is 1. The van der Waals surface area contributed by atoms with Crippen molar-refractivity contribution in [3.8, 4) is 0 Å². The lowest BCUT2D eigenvalue weighted by molar-refractivity contribution is -0.174. The summed E-state index contributed by atoms with van der Waals surface area (Å²) < 4.78 is 38.6. The maximum atomic E-state index is 12.9. The normalized spacial score (nSPS) is 18.9. The van der Waals surface area contributed by atoms with Crippen molar-refractivity contribution in [2.45, 2.75) is 25.9 Å². The molecule has 6 heteroatoms. The molecular formula is C15H13F3N2O. The van der Waals surface area contributed by atoms with Crippen molar-refractivity contribution in [1.82, 2.24) is 4.98 Å². The summed E-state index contributed by atoms with van der Waals surface area (Å²) in [5.74, 6) is -2.25. The number of nitrogens with zero attached hydrogens (tertiary/aromatic N) is 1. The molecule has 3 rings (SSSR count). The van der Waals surface area contributed by atoms with Crippen LogP contribution in [0.2, 0.25) is 0 Å². The second kappa shape index (κ2) is 4.44. The Morgan fingerprint density at radius 1 is 1.29 bits per heavy atom. The van der Waals surface area contributed by atoms with Crippen LogP contribution in [0.4, 0.5) is 18.9 Å². The lowest BCUT2D eigenvalue weighted by atomic mass is 9.84. The maximum Gasteiger partial charge on any atom is 0.392 e. The molecule has 1 unspecified atom stereocenters. The number of alkyl halides is 3. The van der Waals surface area contributed by atoms with Crippen molar-refractivity contribution in [2.24, 2.45) is 5.92 Å². The van der Waals surface area contributed by atoms with E-state index in [4.69, 9.17) is 5.73 Å². The van der Waals surface area contributed by atoms with Crippen molar-refractivity contribution in [1.29, 1.82) is 0 Å². The van der Waals surface area contributed by atoms with Crippen LogP contribution in [0, 0.1) is 12.8 Å². The number of anilines is 1. The number of Topliss-reactive ketones (excluding diaryl/α,β-unsaturated/α-hetero) is 1. The van der Waals surface area contributed by atoms with Gasteiger partial charge in [0.05, 0.1) is 28.4 Å². The van der Waals surface area contributed by atoms with E-state index in [2.05, 4.69) is 4.98 Å². The van der Waals surface area contributed by atoms with Crippen molar-refractivity contribution in [2.75, 3.05) is 5.73 Å². The first-order valence-corrected chi connectivity index (χ1v) is 6.56. The summed E-state index contributed by atoms with van der Waals surface area (Å²) in [7, 11) is 0. The number of pyridine rings is 1. The van der Waals surface area contributed by atoms with Gasteiger partial charge in [-0.1, -0.05) is 12.1 Å². The van der Waals surface area contributed by atoms with E-state index in [-0.39, 0.29) is 23.4 Å². The molecule has 21 heavy (non-hydrogen) atoms. The zero-order valence-electron chi connectivity index (χ0n) is 11.3. The van der Waals surface area contributed by atoms with Gasteiger partial charge in [0.1, 0.15) is 0 Å². The lowest BCUT2D eigenvalue weighted by Gasteiger charge is -2.26. The Hall–Kier alpha value is -2.11. The molecule has 1 aromatic heterocycles. The SMILES string of the molecule is Cc1ccc2c(N)c3c(nc2c1)CC(C(F)(F)F)CC3=O. The molecule has 3 nitrogen and oxygen atoms in total. The van der Waals surface area contributed by atoms with Gasteiger partial charge in [0.25, 0.3) is 0 Å². The summed E-state index contributed by atoms with van der Waals surface area (Å²) >= 11 is 0. The minimum absolute atomic E-state index is 0.157. The second-order valence-corrected chi connectivity index (χ2v) is 5.44. The first-order valence-electron chi connectivity index (χ1n) is 6.56. The summed E-state index contributed by atoms with van der Waals surface area (Å²) in [5.41, 5.74) is 8.01. The van der Waals surface area contributed by atoms with E-state index in [1.165, 1.54) is 0 Å². The Morgan fingerprint density at radius 3 is 2.67 bits per heavy atom. The molecular weight excluding hydrogens is 281 g/mol. The highest BCUT2D eigenvalue weighted by molar-refractivity contribution is 6.09. The Bertz CT molecular complexity index is 753. The van der Waals surface area contributed by atoms with Gasteiger partial charge >= 0.3 is 6.18 Å². The topological polar surface area (TPSA) is 56.0 Å². The minimum Gasteiger partial charge on any atom is -0.398 e. The van der Waals surface area contributed by atoms with Gasteiger partial charge in [-0.2, -0.15) is 13.2 Å². The van der Waals surface area contributed by atoms with E-state index in [1.807, 2.05) is 13.0 Å². The van der Waals surface area contributed by atoms with Crippen LogP contribution >= 0.6 is 0 Å². The van der Waals surface area contributed by atoms with Gasteiger partial charge in [-0.25, -0.2) is 0 Å². The van der Waals surface area contributed by atoms with E-state index < -0.39 is 24.3 Å². The van der Waals surface area contributed by atoms with E-state index in [1.54, 1.807) is 12.1 Å². The molecule has 1 atom stereocenters. The fourth-order valence-corrected chi connectivity index (χ4v) is 2.78. The summed E-state index contributed by atoms with van der Waals surface area (Å²) in [6.45, 7) is 1.86. The highest BCUT2D eigenvalue weighted by Gasteiger charge is 2.44. The molecule has 1 aliphatic rings. The van der Waals surface area contributed by atoms with Crippen molar-refractivity contribution >= 4 is 22.4 Å². The number of hydrogen-bond donors (Lipinski definition) is 1. The number of carbonyl (C=O) groups excluding carboxylic acids is 1. The van der Waals surface area contributed by atoms with Crippen molar-refractivity contribution < 1.29 is 18.0 Å². The molecule has 1 aromatic carbocycles. The number of aryl methyl sites for hydroxylation is 1. The van der Waals surface area contributed by atoms with Crippen LogP contribution in [0.25, 0.3) is 10.9 Å². The van der Waals surface area contributed by atoms with Crippen LogP contribution in [-0.4, -0.2) is 16.9 Å². The summed E-state index contributed by atoms with van der Waals surface area (Å²) in [4.78, 5) is 16.3. The first kappa shape index (κ1) is 13.9. The van der Waals surface area contributed by atoms with Gasteiger partial charge in [0, 0.05) is 18.2 Å². The zero-order chi connectivity index (χ0) is 15.4. The highest BCUT2D eigenvalue weighted by Crippen LogP contribution is 2.39. The molecule has 0 saturated carbocycles. The fraction of sp³-hybridized carbons (Fsp3) is 0.333. The van der Waals surface area contributed by atoms with Gasteiger partial charge in [-0.15, -0.1) is 0 Å². The number of halogens is 3. The summed E-state index contributed by atoms with van der Waals surface area (Å²) in [6, 6.07) is 5.34. The maximum absolute atomic E-state index is 12.9. The molecule has 110 valence electrons. The van der Waals surface area contributed by atoms with Crippen LogP contribution in [0.15, 0.2) is 18.2 Å². The lowest BCUT2D eigenvalue weighted by Crippen LogP contribution is -2.33. The van der Waals surface area contributed by atoms with E-state index >= 15 is 0 Å². The quantitative estimate of drug-likeness (QED) is 0.810. The summed E-state index contributed by atoms with van der Waals surface area (Å²) in [6.07, 6.45) is -5.25. The first-order chi connectivity index (χ1) is 9.77. The molecule has 1 aliphatic carbocycles. The smallest absolute Gasteiger partial charge is 0.392 e. The molecule has 0 fully saturated rings. The number of nitrogens with two attached hydrogens (primary N) is 1. The minimum atomic E-state index is -4.40. The fourth-order valence-electron chi connectivity index (χ4n) is 2.78. The molecule has 0 amide bonds. The molecule has 2 aromatic rings. The largest absolute Gasteiger partial charge is 0.398 e. The molecule has 0 spiro atoms. The predicted molar refractivity (Wildman–Crippen MR) is 73.1 cm³/mol. The average Bonchev–Trinajstić information content (AvgIpc) is 2.36. The zero-order valence-corrected chi connectivity index (χ0v) is 11.3.